The molecule has 0 aliphatic rings. The van der Waals surface area contributed by atoms with Crippen LogP contribution >= 0.6 is 0 Å². The van der Waals surface area contributed by atoms with E-state index >= 15 is 0 Å². The number of ether oxygens (including phenoxy) is 1. The molecule has 4 N–H and O–H groups in total. The minimum atomic E-state index is -1.18. The lowest BCUT2D eigenvalue weighted by Gasteiger charge is -2.33. The number of primary amides is 1. The standard InChI is InChI=1S/C26H33N3O6/c1-26(2,3)35-25(34)28-20(16-18-10-6-4-7-11-18)24(33)29(17-19-12-8-5-9-13-19)21(23(27)32)14-15-22(30)31/h4-13,20-21H,14-17H2,1-3H3,(H2,27,32)(H,28,34)(H,30,31)/t20-,21+/m0/s1. The maximum atomic E-state index is 13.8. The second kappa shape index (κ2) is 12.5. The second-order valence-corrected chi connectivity index (χ2v) is 9.19. The van der Waals surface area contributed by atoms with E-state index in [4.69, 9.17) is 15.6 Å². The molecule has 2 aromatic carbocycles. The maximum absolute atomic E-state index is 13.8. The molecule has 0 spiro atoms. The molecular formula is C26H33N3O6. The number of hydrogen-bond donors (Lipinski definition) is 3. The lowest BCUT2D eigenvalue weighted by Crippen LogP contribution is -2.56. The van der Waals surface area contributed by atoms with E-state index < -0.39 is 41.6 Å². The van der Waals surface area contributed by atoms with Gasteiger partial charge in [-0.15, -0.1) is 0 Å². The first-order chi connectivity index (χ1) is 16.5. The van der Waals surface area contributed by atoms with Crippen molar-refractivity contribution in [2.75, 3.05) is 0 Å². The van der Waals surface area contributed by atoms with Crippen LogP contribution in [0.1, 0.15) is 44.7 Å². The first-order valence-corrected chi connectivity index (χ1v) is 11.3. The van der Waals surface area contributed by atoms with Gasteiger partial charge < -0.3 is 25.8 Å². The lowest BCUT2D eigenvalue weighted by molar-refractivity contribution is -0.144. The molecule has 2 rings (SSSR count). The van der Waals surface area contributed by atoms with Gasteiger partial charge in [0.05, 0.1) is 0 Å². The largest absolute Gasteiger partial charge is 0.481 e. The number of benzene rings is 2. The van der Waals surface area contributed by atoms with Crippen LogP contribution in [-0.4, -0.2) is 51.6 Å². The van der Waals surface area contributed by atoms with Crippen molar-refractivity contribution in [3.63, 3.8) is 0 Å². The van der Waals surface area contributed by atoms with Gasteiger partial charge in [-0.05, 0) is 38.3 Å². The highest BCUT2D eigenvalue weighted by Crippen LogP contribution is 2.17. The number of aliphatic carboxylic acids is 1. The fourth-order valence-corrected chi connectivity index (χ4v) is 3.53. The summed E-state index contributed by atoms with van der Waals surface area (Å²) in [7, 11) is 0. The van der Waals surface area contributed by atoms with Crippen molar-refractivity contribution < 1.29 is 29.0 Å². The van der Waals surface area contributed by atoms with E-state index in [2.05, 4.69) is 5.32 Å². The first kappa shape index (κ1) is 27.4. The Hall–Kier alpha value is -3.88. The van der Waals surface area contributed by atoms with E-state index in [-0.39, 0.29) is 25.8 Å². The zero-order valence-corrected chi connectivity index (χ0v) is 20.3. The van der Waals surface area contributed by atoms with Gasteiger partial charge in [0.2, 0.25) is 11.8 Å². The molecule has 0 aliphatic carbocycles. The van der Waals surface area contributed by atoms with Crippen molar-refractivity contribution in [3.05, 3.63) is 71.8 Å². The van der Waals surface area contributed by atoms with Crippen LogP contribution in [0.5, 0.6) is 0 Å². The monoisotopic (exact) mass is 483 g/mol. The molecule has 0 saturated carbocycles. The number of alkyl carbamates (subject to hydrolysis) is 1. The zero-order chi connectivity index (χ0) is 26.0. The summed E-state index contributed by atoms with van der Waals surface area (Å²) in [6.07, 6.45) is -1.16. The van der Waals surface area contributed by atoms with Crippen LogP contribution in [0.3, 0.4) is 0 Å². The Balaban J connectivity index is 2.43. The highest BCUT2D eigenvalue weighted by atomic mass is 16.6. The Morgan fingerprint density at radius 3 is 2.00 bits per heavy atom. The summed E-state index contributed by atoms with van der Waals surface area (Å²) in [6, 6.07) is 15.8. The molecule has 9 heteroatoms. The molecule has 0 heterocycles. The third-order valence-electron chi connectivity index (χ3n) is 5.09. The Morgan fingerprint density at radius 1 is 0.971 bits per heavy atom. The minimum absolute atomic E-state index is 0.00812. The summed E-state index contributed by atoms with van der Waals surface area (Å²) in [4.78, 5) is 51.2. The normalized spacial score (nSPS) is 12.8. The molecule has 188 valence electrons. The topological polar surface area (TPSA) is 139 Å². The fraction of sp³-hybridized carbons (Fsp3) is 0.385. The molecule has 9 nitrogen and oxygen atoms in total. The second-order valence-electron chi connectivity index (χ2n) is 9.19. The number of nitrogens with two attached hydrogens (primary N) is 1. The van der Waals surface area contributed by atoms with Crippen molar-refractivity contribution >= 4 is 23.9 Å². The molecule has 0 bridgehead atoms. The summed E-state index contributed by atoms with van der Waals surface area (Å²) in [5, 5.41) is 11.8. The minimum Gasteiger partial charge on any atom is -0.481 e. The molecule has 2 atom stereocenters. The lowest BCUT2D eigenvalue weighted by atomic mass is 10.0. The van der Waals surface area contributed by atoms with Gasteiger partial charge in [-0.3, -0.25) is 14.4 Å². The van der Waals surface area contributed by atoms with Gasteiger partial charge in [-0.1, -0.05) is 60.7 Å². The summed E-state index contributed by atoms with van der Waals surface area (Å²) in [5.41, 5.74) is 6.33. The number of carboxylic acid groups (broad SMARTS) is 1. The fourth-order valence-electron chi connectivity index (χ4n) is 3.53. The Kier molecular flexibility index (Phi) is 9.81. The van der Waals surface area contributed by atoms with Crippen LogP contribution in [0.4, 0.5) is 4.79 Å². The van der Waals surface area contributed by atoms with Gasteiger partial charge in [0, 0.05) is 19.4 Å². The number of carboxylic acids is 1. The number of rotatable bonds is 11. The zero-order valence-electron chi connectivity index (χ0n) is 20.3. The van der Waals surface area contributed by atoms with Crippen LogP contribution in [0.25, 0.3) is 0 Å². The van der Waals surface area contributed by atoms with Crippen LogP contribution in [0, 0.1) is 0 Å². The third kappa shape index (κ3) is 9.48. The third-order valence-corrected chi connectivity index (χ3v) is 5.09. The van der Waals surface area contributed by atoms with Crippen molar-refractivity contribution in [1.82, 2.24) is 10.2 Å². The SMILES string of the molecule is CC(C)(C)OC(=O)N[C@@H](Cc1ccccc1)C(=O)N(Cc1ccccc1)[C@H](CCC(=O)O)C(N)=O. The van der Waals surface area contributed by atoms with Gasteiger partial charge in [-0.25, -0.2) is 4.79 Å². The van der Waals surface area contributed by atoms with Gasteiger partial charge >= 0.3 is 12.1 Å². The van der Waals surface area contributed by atoms with E-state index in [1.807, 2.05) is 36.4 Å². The number of hydrogen-bond acceptors (Lipinski definition) is 5. The van der Waals surface area contributed by atoms with Crippen molar-refractivity contribution in [3.8, 4) is 0 Å². The van der Waals surface area contributed by atoms with E-state index in [9.17, 15) is 19.2 Å². The van der Waals surface area contributed by atoms with Crippen molar-refractivity contribution in [1.29, 1.82) is 0 Å². The van der Waals surface area contributed by atoms with E-state index in [0.717, 1.165) is 11.1 Å². The molecule has 3 amide bonds. The smallest absolute Gasteiger partial charge is 0.408 e. The van der Waals surface area contributed by atoms with Crippen LogP contribution in [0.2, 0.25) is 0 Å². The number of carbonyl (C=O) groups is 4. The van der Waals surface area contributed by atoms with Crippen molar-refractivity contribution in [2.45, 2.75) is 64.3 Å². The highest BCUT2D eigenvalue weighted by molar-refractivity contribution is 5.91. The average molecular weight is 484 g/mol. The highest BCUT2D eigenvalue weighted by Gasteiger charge is 2.35. The molecule has 0 aliphatic heterocycles. The van der Waals surface area contributed by atoms with Crippen LogP contribution < -0.4 is 11.1 Å². The number of nitrogens with zero attached hydrogens (tertiary/aromatic N) is 1. The predicted molar refractivity (Wildman–Crippen MR) is 130 cm³/mol. The van der Waals surface area contributed by atoms with E-state index in [1.54, 1.807) is 45.0 Å². The molecule has 35 heavy (non-hydrogen) atoms. The van der Waals surface area contributed by atoms with Gasteiger partial charge in [0.15, 0.2) is 0 Å². The van der Waals surface area contributed by atoms with Crippen molar-refractivity contribution in [2.24, 2.45) is 5.73 Å². The van der Waals surface area contributed by atoms with Gasteiger partial charge in [0.25, 0.3) is 0 Å². The van der Waals surface area contributed by atoms with Gasteiger partial charge in [0.1, 0.15) is 17.7 Å². The maximum Gasteiger partial charge on any atom is 0.408 e. The van der Waals surface area contributed by atoms with Gasteiger partial charge in [-0.2, -0.15) is 0 Å². The molecule has 0 unspecified atom stereocenters. The molecule has 2 aromatic rings. The molecule has 0 radical (unpaired) electrons. The Morgan fingerprint density at radius 2 is 1.51 bits per heavy atom. The van der Waals surface area contributed by atoms with Crippen LogP contribution in [-0.2, 0) is 32.1 Å². The van der Waals surface area contributed by atoms with E-state index in [0.29, 0.717) is 0 Å². The summed E-state index contributed by atoms with van der Waals surface area (Å²) < 4.78 is 5.35. The average Bonchev–Trinajstić information content (AvgIpc) is 2.77. The number of nitrogens with one attached hydrogen (secondary N) is 1. The number of carbonyl (C=O) groups excluding carboxylic acids is 3. The first-order valence-electron chi connectivity index (χ1n) is 11.3. The molecule has 0 aromatic heterocycles. The predicted octanol–water partition coefficient (Wildman–Crippen LogP) is 2.87. The number of amides is 3. The molecule has 0 fully saturated rings. The molecular weight excluding hydrogens is 450 g/mol. The van der Waals surface area contributed by atoms with Crippen LogP contribution in [0.15, 0.2) is 60.7 Å². The Labute approximate surface area is 205 Å². The Bertz CT molecular complexity index is 1000. The molecule has 0 saturated heterocycles. The summed E-state index contributed by atoms with van der Waals surface area (Å²) in [6.45, 7) is 5.13. The summed E-state index contributed by atoms with van der Waals surface area (Å²) >= 11 is 0. The summed E-state index contributed by atoms with van der Waals surface area (Å²) in [5.74, 6) is -2.51. The quantitative estimate of drug-likeness (QED) is 0.449. The van der Waals surface area contributed by atoms with E-state index in [1.165, 1.54) is 4.90 Å².